The van der Waals surface area contributed by atoms with E-state index in [0.29, 0.717) is 19.4 Å². The normalized spacial score (nSPS) is 12.8. The second-order valence-electron chi connectivity index (χ2n) is 5.01. The summed E-state index contributed by atoms with van der Waals surface area (Å²) in [7, 11) is 1.35. The van der Waals surface area contributed by atoms with E-state index in [1.807, 2.05) is 31.4 Å². The standard InChI is InChI=1S/C15H24N2O3S/c1-4-15(5-2,10-16)14(19)17-11(9-13(18)20-3)12-7-6-8-21-12/h6-8,11H,4-5,9-10,16H2,1-3H3,(H,17,19). The molecular formula is C15H24N2O3S. The molecule has 0 aromatic carbocycles. The predicted molar refractivity (Wildman–Crippen MR) is 83.9 cm³/mol. The average Bonchev–Trinajstić information content (AvgIpc) is 3.03. The van der Waals surface area contributed by atoms with E-state index in [0.717, 1.165) is 4.88 Å². The molecule has 6 heteroatoms. The SMILES string of the molecule is CCC(CC)(CN)C(=O)NC(CC(=O)OC)c1cccs1. The fourth-order valence-electron chi connectivity index (χ4n) is 2.23. The second kappa shape index (κ2) is 8.14. The monoisotopic (exact) mass is 312 g/mol. The molecule has 1 unspecified atom stereocenters. The highest BCUT2D eigenvalue weighted by Gasteiger charge is 2.35. The Morgan fingerprint density at radius 1 is 1.43 bits per heavy atom. The molecule has 0 bridgehead atoms. The number of ether oxygens (including phenoxy) is 1. The molecule has 1 rings (SSSR count). The van der Waals surface area contributed by atoms with Gasteiger partial charge in [-0.3, -0.25) is 9.59 Å². The summed E-state index contributed by atoms with van der Waals surface area (Å²) >= 11 is 1.51. The lowest BCUT2D eigenvalue weighted by atomic mass is 9.81. The van der Waals surface area contributed by atoms with Crippen molar-refractivity contribution < 1.29 is 14.3 Å². The van der Waals surface area contributed by atoms with Gasteiger partial charge in [0.1, 0.15) is 0 Å². The van der Waals surface area contributed by atoms with Gasteiger partial charge in [0.15, 0.2) is 0 Å². The van der Waals surface area contributed by atoms with Crippen molar-refractivity contribution >= 4 is 23.2 Å². The zero-order valence-electron chi connectivity index (χ0n) is 12.8. The Labute approximate surface area is 129 Å². The van der Waals surface area contributed by atoms with E-state index >= 15 is 0 Å². The van der Waals surface area contributed by atoms with Crippen LogP contribution in [0.5, 0.6) is 0 Å². The quantitative estimate of drug-likeness (QED) is 0.721. The van der Waals surface area contributed by atoms with E-state index < -0.39 is 5.41 Å². The first-order chi connectivity index (χ1) is 10.0. The van der Waals surface area contributed by atoms with Crippen molar-refractivity contribution in [3.05, 3.63) is 22.4 Å². The number of hydrogen-bond acceptors (Lipinski definition) is 5. The molecule has 0 spiro atoms. The van der Waals surface area contributed by atoms with Crippen LogP contribution in [0.1, 0.15) is 44.0 Å². The molecule has 0 radical (unpaired) electrons. The molecule has 21 heavy (non-hydrogen) atoms. The van der Waals surface area contributed by atoms with E-state index in [1.54, 1.807) is 0 Å². The van der Waals surface area contributed by atoms with E-state index in [2.05, 4.69) is 5.32 Å². The summed E-state index contributed by atoms with van der Waals surface area (Å²) < 4.78 is 4.71. The number of amides is 1. The number of carbonyl (C=O) groups excluding carboxylic acids is 2. The largest absolute Gasteiger partial charge is 0.469 e. The first-order valence-electron chi connectivity index (χ1n) is 7.14. The third kappa shape index (κ3) is 4.28. The number of nitrogens with one attached hydrogen (secondary N) is 1. The van der Waals surface area contributed by atoms with E-state index in [4.69, 9.17) is 10.5 Å². The minimum Gasteiger partial charge on any atom is -0.469 e. The molecule has 0 fully saturated rings. The molecule has 0 aliphatic heterocycles. The van der Waals surface area contributed by atoms with Gasteiger partial charge in [-0.15, -0.1) is 11.3 Å². The van der Waals surface area contributed by atoms with Crippen LogP contribution in [0.2, 0.25) is 0 Å². The van der Waals surface area contributed by atoms with E-state index in [9.17, 15) is 9.59 Å². The Bertz CT molecular complexity index is 447. The lowest BCUT2D eigenvalue weighted by Crippen LogP contribution is -2.46. The second-order valence-corrected chi connectivity index (χ2v) is 5.99. The van der Waals surface area contributed by atoms with Gasteiger partial charge >= 0.3 is 5.97 Å². The lowest BCUT2D eigenvalue weighted by Gasteiger charge is -2.30. The van der Waals surface area contributed by atoms with E-state index in [-0.39, 0.29) is 24.3 Å². The Morgan fingerprint density at radius 3 is 2.52 bits per heavy atom. The van der Waals surface area contributed by atoms with Crippen molar-refractivity contribution in [3.63, 3.8) is 0 Å². The number of methoxy groups -OCH3 is 1. The maximum absolute atomic E-state index is 12.6. The Kier molecular flexibility index (Phi) is 6.84. The molecule has 0 aliphatic rings. The zero-order valence-corrected chi connectivity index (χ0v) is 13.7. The number of thiophene rings is 1. The molecular weight excluding hydrogens is 288 g/mol. The molecule has 0 saturated heterocycles. The number of esters is 1. The van der Waals surface area contributed by atoms with Crippen LogP contribution in [0.25, 0.3) is 0 Å². The summed E-state index contributed by atoms with van der Waals surface area (Å²) in [5.74, 6) is -0.447. The third-order valence-corrected chi connectivity index (χ3v) is 5.00. The van der Waals surface area contributed by atoms with Crippen molar-refractivity contribution in [1.29, 1.82) is 0 Å². The van der Waals surface area contributed by atoms with Gasteiger partial charge in [0.05, 0.1) is 25.0 Å². The molecule has 0 saturated carbocycles. The summed E-state index contributed by atoms with van der Waals surface area (Å²) in [6.07, 6.45) is 1.46. The van der Waals surface area contributed by atoms with Crippen molar-refractivity contribution in [2.45, 2.75) is 39.2 Å². The average molecular weight is 312 g/mol. The van der Waals surface area contributed by atoms with Crippen LogP contribution in [0.3, 0.4) is 0 Å². The first-order valence-corrected chi connectivity index (χ1v) is 8.02. The summed E-state index contributed by atoms with van der Waals surface area (Å²) in [5.41, 5.74) is 5.22. The number of rotatable bonds is 8. The number of nitrogens with two attached hydrogens (primary N) is 1. The van der Waals surface area contributed by atoms with Crippen LogP contribution in [0, 0.1) is 5.41 Å². The predicted octanol–water partition coefficient (Wildman–Crippen LogP) is 2.23. The summed E-state index contributed by atoms with van der Waals surface area (Å²) in [6, 6.07) is 3.43. The molecule has 3 N–H and O–H groups in total. The fraction of sp³-hybridized carbons (Fsp3) is 0.600. The van der Waals surface area contributed by atoms with Crippen LogP contribution in [0.15, 0.2) is 17.5 Å². The van der Waals surface area contributed by atoms with Gasteiger partial charge in [-0.1, -0.05) is 19.9 Å². The van der Waals surface area contributed by atoms with Crippen molar-refractivity contribution in [2.75, 3.05) is 13.7 Å². The molecule has 1 heterocycles. The molecule has 5 nitrogen and oxygen atoms in total. The number of hydrogen-bond donors (Lipinski definition) is 2. The minimum atomic E-state index is -0.578. The highest BCUT2D eigenvalue weighted by Crippen LogP contribution is 2.29. The van der Waals surface area contributed by atoms with Crippen molar-refractivity contribution in [3.8, 4) is 0 Å². The van der Waals surface area contributed by atoms with E-state index in [1.165, 1.54) is 18.4 Å². The summed E-state index contributed by atoms with van der Waals surface area (Å²) in [4.78, 5) is 25.1. The Hall–Kier alpha value is -1.40. The molecule has 1 atom stereocenters. The maximum atomic E-state index is 12.6. The highest BCUT2D eigenvalue weighted by molar-refractivity contribution is 7.10. The van der Waals surface area contributed by atoms with Crippen LogP contribution >= 0.6 is 11.3 Å². The first kappa shape index (κ1) is 17.7. The minimum absolute atomic E-state index is 0.0997. The zero-order chi connectivity index (χ0) is 15.9. The van der Waals surface area contributed by atoms with Gasteiger partial charge in [0.25, 0.3) is 0 Å². The fourth-order valence-corrected chi connectivity index (χ4v) is 3.00. The lowest BCUT2D eigenvalue weighted by molar-refractivity contribution is -0.141. The van der Waals surface area contributed by atoms with Gasteiger partial charge in [0, 0.05) is 11.4 Å². The van der Waals surface area contributed by atoms with Crippen molar-refractivity contribution in [1.82, 2.24) is 5.32 Å². The smallest absolute Gasteiger partial charge is 0.307 e. The number of carbonyl (C=O) groups is 2. The Morgan fingerprint density at radius 2 is 2.10 bits per heavy atom. The molecule has 0 aliphatic carbocycles. The van der Waals surface area contributed by atoms with Gasteiger partial charge in [-0.05, 0) is 24.3 Å². The summed E-state index contributed by atoms with van der Waals surface area (Å²) in [6.45, 7) is 4.20. The molecule has 1 aromatic rings. The van der Waals surface area contributed by atoms with Gasteiger partial charge in [-0.2, -0.15) is 0 Å². The van der Waals surface area contributed by atoms with Gasteiger partial charge < -0.3 is 15.8 Å². The van der Waals surface area contributed by atoms with Crippen LogP contribution in [0.4, 0.5) is 0 Å². The summed E-state index contributed by atoms with van der Waals surface area (Å²) in [5, 5.41) is 4.89. The molecule has 118 valence electrons. The van der Waals surface area contributed by atoms with Crippen LogP contribution < -0.4 is 11.1 Å². The molecule has 1 amide bonds. The highest BCUT2D eigenvalue weighted by atomic mass is 32.1. The Balaban J connectivity index is 2.90. The third-order valence-electron chi connectivity index (χ3n) is 4.02. The topological polar surface area (TPSA) is 81.4 Å². The van der Waals surface area contributed by atoms with Crippen LogP contribution in [-0.2, 0) is 14.3 Å². The van der Waals surface area contributed by atoms with Crippen molar-refractivity contribution in [2.24, 2.45) is 11.1 Å². The molecule has 1 aromatic heterocycles. The maximum Gasteiger partial charge on any atom is 0.307 e. The van der Waals surface area contributed by atoms with Crippen LogP contribution in [-0.4, -0.2) is 25.5 Å². The van der Waals surface area contributed by atoms with Gasteiger partial charge in [0.2, 0.25) is 5.91 Å². The van der Waals surface area contributed by atoms with Gasteiger partial charge in [-0.25, -0.2) is 0 Å².